The van der Waals surface area contributed by atoms with Crippen LogP contribution < -0.4 is 0 Å². The van der Waals surface area contributed by atoms with Gasteiger partial charge < -0.3 is 14.5 Å². The predicted octanol–water partition coefficient (Wildman–Crippen LogP) is 2.07. The fourth-order valence-corrected chi connectivity index (χ4v) is 1.63. The van der Waals surface area contributed by atoms with Crippen molar-refractivity contribution in [2.75, 3.05) is 27.2 Å². The number of ether oxygens (including phenoxy) is 1. The number of hydrogen-bond donors (Lipinski definition) is 0. The molecule has 1 heterocycles. The van der Waals surface area contributed by atoms with Crippen molar-refractivity contribution in [1.82, 2.24) is 9.80 Å². The Morgan fingerprint density at radius 2 is 2.06 bits per heavy atom. The molecule has 1 rings (SSSR count). The van der Waals surface area contributed by atoms with Gasteiger partial charge in [-0.25, -0.2) is 4.79 Å². The molecule has 0 bridgehead atoms. The second-order valence-corrected chi connectivity index (χ2v) is 5.40. The second kappa shape index (κ2) is 4.76. The molecule has 0 spiro atoms. The van der Waals surface area contributed by atoms with Gasteiger partial charge in [0.05, 0.1) is 0 Å². The standard InChI is InChI=1S/C12H22N2O2/c1-12(2,3)16-11(15)14-7-6-10(9-14)8-13(4)5/h8H,6-7,9H2,1-5H3. The minimum atomic E-state index is -0.412. The normalized spacial score (nSPS) is 19.1. The van der Waals surface area contributed by atoms with Gasteiger partial charge in [-0.05, 0) is 39.0 Å². The molecule has 0 saturated carbocycles. The highest BCUT2D eigenvalue weighted by Crippen LogP contribution is 2.18. The lowest BCUT2D eigenvalue weighted by atomic mass is 10.2. The van der Waals surface area contributed by atoms with Crippen LogP contribution in [0.25, 0.3) is 0 Å². The lowest BCUT2D eigenvalue weighted by Crippen LogP contribution is -2.34. The quantitative estimate of drug-likeness (QED) is 0.686. The molecule has 16 heavy (non-hydrogen) atoms. The Morgan fingerprint density at radius 3 is 2.56 bits per heavy atom. The Hall–Kier alpha value is -1.19. The van der Waals surface area contributed by atoms with Gasteiger partial charge >= 0.3 is 6.09 Å². The number of nitrogens with zero attached hydrogens (tertiary/aromatic N) is 2. The number of likely N-dealkylation sites (tertiary alicyclic amines) is 1. The first-order chi connectivity index (χ1) is 7.28. The van der Waals surface area contributed by atoms with Crippen LogP contribution in [0.3, 0.4) is 0 Å². The average Bonchev–Trinajstić information content (AvgIpc) is 2.48. The van der Waals surface area contributed by atoms with Gasteiger partial charge in [0.15, 0.2) is 0 Å². The van der Waals surface area contributed by atoms with Crippen molar-refractivity contribution < 1.29 is 9.53 Å². The molecule has 4 heteroatoms. The molecule has 92 valence electrons. The second-order valence-electron chi connectivity index (χ2n) is 5.40. The number of carbonyl (C=O) groups excluding carboxylic acids is 1. The summed E-state index contributed by atoms with van der Waals surface area (Å²) in [7, 11) is 3.98. The van der Waals surface area contributed by atoms with Gasteiger partial charge in [-0.15, -0.1) is 0 Å². The average molecular weight is 226 g/mol. The van der Waals surface area contributed by atoms with Gasteiger partial charge in [0, 0.05) is 27.2 Å². The highest BCUT2D eigenvalue weighted by atomic mass is 16.6. The van der Waals surface area contributed by atoms with E-state index in [1.165, 1.54) is 5.57 Å². The van der Waals surface area contributed by atoms with Crippen molar-refractivity contribution in [3.8, 4) is 0 Å². The lowest BCUT2D eigenvalue weighted by Gasteiger charge is -2.24. The zero-order chi connectivity index (χ0) is 12.3. The smallest absolute Gasteiger partial charge is 0.410 e. The fourth-order valence-electron chi connectivity index (χ4n) is 1.63. The van der Waals surface area contributed by atoms with Crippen LogP contribution >= 0.6 is 0 Å². The highest BCUT2D eigenvalue weighted by molar-refractivity contribution is 5.69. The van der Waals surface area contributed by atoms with E-state index in [2.05, 4.69) is 6.20 Å². The lowest BCUT2D eigenvalue weighted by molar-refractivity contribution is 0.0299. The summed E-state index contributed by atoms with van der Waals surface area (Å²) in [6.45, 7) is 7.11. The van der Waals surface area contributed by atoms with E-state index in [-0.39, 0.29) is 6.09 Å². The highest BCUT2D eigenvalue weighted by Gasteiger charge is 2.26. The fraction of sp³-hybridized carbons (Fsp3) is 0.750. The van der Waals surface area contributed by atoms with Crippen molar-refractivity contribution in [2.45, 2.75) is 32.8 Å². The molecular weight excluding hydrogens is 204 g/mol. The van der Waals surface area contributed by atoms with E-state index in [1.807, 2.05) is 39.8 Å². The maximum atomic E-state index is 11.8. The molecule has 1 aliphatic heterocycles. The zero-order valence-corrected chi connectivity index (χ0v) is 10.9. The SMILES string of the molecule is CN(C)C=C1CCN(C(=O)OC(C)(C)C)C1. The van der Waals surface area contributed by atoms with Crippen molar-refractivity contribution in [1.29, 1.82) is 0 Å². The molecule has 0 aromatic carbocycles. The Balaban J connectivity index is 2.50. The van der Waals surface area contributed by atoms with Crippen LogP contribution in [0, 0.1) is 0 Å². The number of hydrogen-bond acceptors (Lipinski definition) is 3. The molecule has 1 aliphatic rings. The summed E-state index contributed by atoms with van der Waals surface area (Å²) in [4.78, 5) is 15.5. The molecule has 0 unspecified atom stereocenters. The molecule has 0 atom stereocenters. The first-order valence-corrected chi connectivity index (χ1v) is 5.62. The summed E-state index contributed by atoms with van der Waals surface area (Å²) >= 11 is 0. The molecule has 0 radical (unpaired) electrons. The summed E-state index contributed by atoms with van der Waals surface area (Å²) < 4.78 is 5.32. The molecule has 0 aromatic heterocycles. The molecule has 4 nitrogen and oxygen atoms in total. The Kier molecular flexibility index (Phi) is 3.83. The van der Waals surface area contributed by atoms with E-state index >= 15 is 0 Å². The predicted molar refractivity (Wildman–Crippen MR) is 64.2 cm³/mol. The van der Waals surface area contributed by atoms with Gasteiger partial charge in [-0.3, -0.25) is 0 Å². The first-order valence-electron chi connectivity index (χ1n) is 5.62. The molecule has 0 aromatic rings. The van der Waals surface area contributed by atoms with E-state index < -0.39 is 5.60 Å². The summed E-state index contributed by atoms with van der Waals surface area (Å²) in [5.41, 5.74) is 0.862. The van der Waals surface area contributed by atoms with Crippen LogP contribution in [0.5, 0.6) is 0 Å². The molecular formula is C12H22N2O2. The van der Waals surface area contributed by atoms with Gasteiger partial charge in [-0.1, -0.05) is 0 Å². The van der Waals surface area contributed by atoms with Crippen LogP contribution in [-0.4, -0.2) is 48.7 Å². The van der Waals surface area contributed by atoms with Crippen molar-refractivity contribution >= 4 is 6.09 Å². The third-order valence-electron chi connectivity index (χ3n) is 2.19. The van der Waals surface area contributed by atoms with Crippen LogP contribution in [-0.2, 0) is 4.74 Å². The number of amides is 1. The monoisotopic (exact) mass is 226 g/mol. The maximum Gasteiger partial charge on any atom is 0.410 e. The van der Waals surface area contributed by atoms with Gasteiger partial charge in [0.1, 0.15) is 5.60 Å². The Morgan fingerprint density at radius 1 is 1.44 bits per heavy atom. The topological polar surface area (TPSA) is 32.8 Å². The van der Waals surface area contributed by atoms with Crippen LogP contribution in [0.2, 0.25) is 0 Å². The van der Waals surface area contributed by atoms with Gasteiger partial charge in [-0.2, -0.15) is 0 Å². The van der Waals surface area contributed by atoms with Crippen LogP contribution in [0.1, 0.15) is 27.2 Å². The molecule has 1 fully saturated rings. The maximum absolute atomic E-state index is 11.8. The summed E-state index contributed by atoms with van der Waals surface area (Å²) in [5.74, 6) is 0. The third-order valence-corrected chi connectivity index (χ3v) is 2.19. The minimum absolute atomic E-state index is 0.213. The molecule has 1 saturated heterocycles. The van der Waals surface area contributed by atoms with E-state index in [4.69, 9.17) is 4.74 Å². The van der Waals surface area contributed by atoms with Gasteiger partial charge in [0.25, 0.3) is 0 Å². The van der Waals surface area contributed by atoms with E-state index in [1.54, 1.807) is 4.90 Å². The molecule has 0 N–H and O–H groups in total. The van der Waals surface area contributed by atoms with Crippen molar-refractivity contribution in [2.24, 2.45) is 0 Å². The van der Waals surface area contributed by atoms with E-state index in [0.29, 0.717) is 6.54 Å². The Labute approximate surface area is 97.9 Å². The van der Waals surface area contributed by atoms with E-state index in [9.17, 15) is 4.79 Å². The van der Waals surface area contributed by atoms with Crippen LogP contribution in [0.4, 0.5) is 4.79 Å². The zero-order valence-electron chi connectivity index (χ0n) is 10.9. The minimum Gasteiger partial charge on any atom is -0.444 e. The summed E-state index contributed by atoms with van der Waals surface area (Å²) in [6.07, 6.45) is 2.80. The largest absolute Gasteiger partial charge is 0.444 e. The third kappa shape index (κ3) is 4.13. The van der Waals surface area contributed by atoms with Crippen molar-refractivity contribution in [3.63, 3.8) is 0 Å². The van der Waals surface area contributed by atoms with Gasteiger partial charge in [0.2, 0.25) is 0 Å². The summed E-state index contributed by atoms with van der Waals surface area (Å²) in [6, 6.07) is 0. The first kappa shape index (κ1) is 12.9. The number of rotatable bonds is 1. The number of carbonyl (C=O) groups is 1. The van der Waals surface area contributed by atoms with Crippen LogP contribution in [0.15, 0.2) is 11.8 Å². The summed E-state index contributed by atoms with van der Waals surface area (Å²) in [5, 5.41) is 0. The van der Waals surface area contributed by atoms with E-state index in [0.717, 1.165) is 13.0 Å². The Bertz CT molecular complexity index is 290. The molecule has 1 amide bonds. The molecule has 0 aliphatic carbocycles. The van der Waals surface area contributed by atoms with Crippen molar-refractivity contribution in [3.05, 3.63) is 11.8 Å².